The zero-order valence-electron chi connectivity index (χ0n) is 10.6. The van der Waals surface area contributed by atoms with Crippen LogP contribution in [0.15, 0.2) is 36.7 Å². The second-order valence-electron chi connectivity index (χ2n) is 3.59. The monoisotopic (exact) mass is 279 g/mol. The lowest BCUT2D eigenvalue weighted by atomic mass is 10.2. The first kappa shape index (κ1) is 15.2. The predicted octanol–water partition coefficient (Wildman–Crippen LogP) is 1.27. The SMILES string of the molecule is CCOC(=O)c1ccn2cccc2c1.O=C(O)C(=O)O. The van der Waals surface area contributed by atoms with E-state index >= 15 is 0 Å². The second kappa shape index (κ2) is 6.93. The van der Waals surface area contributed by atoms with E-state index in [9.17, 15) is 4.79 Å². The van der Waals surface area contributed by atoms with Crippen molar-refractivity contribution in [3.63, 3.8) is 0 Å². The molecule has 7 heteroatoms. The van der Waals surface area contributed by atoms with Crippen LogP contribution in [0.3, 0.4) is 0 Å². The van der Waals surface area contributed by atoms with Crippen molar-refractivity contribution in [2.75, 3.05) is 6.61 Å². The van der Waals surface area contributed by atoms with Gasteiger partial charge in [-0.15, -0.1) is 0 Å². The van der Waals surface area contributed by atoms with Gasteiger partial charge >= 0.3 is 17.9 Å². The van der Waals surface area contributed by atoms with Crippen LogP contribution in [0.5, 0.6) is 0 Å². The molecule has 0 aliphatic heterocycles. The third-order valence-electron chi connectivity index (χ3n) is 2.22. The van der Waals surface area contributed by atoms with Crippen LogP contribution in [-0.4, -0.2) is 39.1 Å². The van der Waals surface area contributed by atoms with Crippen molar-refractivity contribution in [1.82, 2.24) is 4.40 Å². The van der Waals surface area contributed by atoms with E-state index in [1.54, 1.807) is 13.0 Å². The standard InChI is InChI=1S/C11H11NO2.C2H2O4/c1-2-14-11(13)9-5-7-12-6-3-4-10(12)8-9;3-1(4)2(5)6/h3-8H,2H2,1H3;(H,3,4)(H,5,6). The molecule has 2 heterocycles. The van der Waals surface area contributed by atoms with E-state index in [-0.39, 0.29) is 5.97 Å². The Kier molecular flexibility index (Phi) is 5.28. The van der Waals surface area contributed by atoms with Crippen molar-refractivity contribution in [2.24, 2.45) is 0 Å². The molecule has 0 saturated carbocycles. The third kappa shape index (κ3) is 4.13. The number of carboxylic acids is 2. The Bertz CT molecular complexity index is 619. The molecule has 0 saturated heterocycles. The summed E-state index contributed by atoms with van der Waals surface area (Å²) in [7, 11) is 0. The van der Waals surface area contributed by atoms with Gasteiger partial charge < -0.3 is 19.4 Å². The summed E-state index contributed by atoms with van der Waals surface area (Å²) in [5, 5.41) is 14.8. The number of nitrogens with zero attached hydrogens (tertiary/aromatic N) is 1. The summed E-state index contributed by atoms with van der Waals surface area (Å²) >= 11 is 0. The minimum Gasteiger partial charge on any atom is -0.473 e. The summed E-state index contributed by atoms with van der Waals surface area (Å²) in [4.78, 5) is 29.6. The summed E-state index contributed by atoms with van der Waals surface area (Å²) in [6.07, 6.45) is 3.78. The van der Waals surface area contributed by atoms with Crippen molar-refractivity contribution >= 4 is 23.4 Å². The fourth-order valence-electron chi connectivity index (χ4n) is 1.37. The van der Waals surface area contributed by atoms with Crippen molar-refractivity contribution in [2.45, 2.75) is 6.92 Å². The molecule has 2 aromatic heterocycles. The maximum absolute atomic E-state index is 11.4. The number of hydrogen-bond donors (Lipinski definition) is 2. The highest BCUT2D eigenvalue weighted by Crippen LogP contribution is 2.09. The first-order valence-corrected chi connectivity index (χ1v) is 5.65. The average molecular weight is 279 g/mol. The first-order valence-electron chi connectivity index (χ1n) is 5.65. The minimum absolute atomic E-state index is 0.267. The molecular weight excluding hydrogens is 266 g/mol. The van der Waals surface area contributed by atoms with E-state index in [1.165, 1.54) is 0 Å². The lowest BCUT2D eigenvalue weighted by molar-refractivity contribution is -0.159. The number of aromatic nitrogens is 1. The molecule has 0 aromatic carbocycles. The van der Waals surface area contributed by atoms with Crippen molar-refractivity contribution in [1.29, 1.82) is 0 Å². The Morgan fingerprint density at radius 1 is 1.15 bits per heavy atom. The molecule has 0 fully saturated rings. The smallest absolute Gasteiger partial charge is 0.414 e. The molecule has 2 aromatic rings. The number of aliphatic carboxylic acids is 2. The topological polar surface area (TPSA) is 105 Å². The molecule has 2 N–H and O–H groups in total. The molecule has 0 unspecified atom stereocenters. The molecular formula is C13H13NO6. The molecule has 106 valence electrons. The number of carbonyl (C=O) groups excluding carboxylic acids is 1. The van der Waals surface area contributed by atoms with Crippen molar-refractivity contribution < 1.29 is 29.3 Å². The van der Waals surface area contributed by atoms with E-state index in [0.717, 1.165) is 5.52 Å². The van der Waals surface area contributed by atoms with E-state index in [1.807, 2.05) is 35.0 Å². The number of fused-ring (bicyclic) bond motifs is 1. The van der Waals surface area contributed by atoms with Crippen LogP contribution in [0.4, 0.5) is 0 Å². The Morgan fingerprint density at radius 3 is 2.35 bits per heavy atom. The molecule has 0 atom stereocenters. The highest BCUT2D eigenvalue weighted by molar-refractivity contribution is 6.27. The van der Waals surface area contributed by atoms with Gasteiger partial charge in [0.05, 0.1) is 12.2 Å². The second-order valence-corrected chi connectivity index (χ2v) is 3.59. The van der Waals surface area contributed by atoms with E-state index in [0.29, 0.717) is 12.2 Å². The predicted molar refractivity (Wildman–Crippen MR) is 68.6 cm³/mol. The molecule has 0 bridgehead atoms. The highest BCUT2D eigenvalue weighted by Gasteiger charge is 2.06. The Hall–Kier alpha value is -2.83. The van der Waals surface area contributed by atoms with Crippen molar-refractivity contribution in [3.8, 4) is 0 Å². The van der Waals surface area contributed by atoms with Gasteiger partial charge in [-0.2, -0.15) is 0 Å². The molecule has 0 radical (unpaired) electrons. The van der Waals surface area contributed by atoms with Gasteiger partial charge in [0.2, 0.25) is 0 Å². The molecule has 7 nitrogen and oxygen atoms in total. The van der Waals surface area contributed by atoms with Crippen molar-refractivity contribution in [3.05, 3.63) is 42.2 Å². The fraction of sp³-hybridized carbons (Fsp3) is 0.154. The van der Waals surface area contributed by atoms with Gasteiger partial charge in [-0.1, -0.05) is 0 Å². The third-order valence-corrected chi connectivity index (χ3v) is 2.22. The van der Waals surface area contributed by atoms with Crippen LogP contribution >= 0.6 is 0 Å². The van der Waals surface area contributed by atoms with Crippen LogP contribution in [0.1, 0.15) is 17.3 Å². The summed E-state index contributed by atoms with van der Waals surface area (Å²) in [6.45, 7) is 2.21. The zero-order valence-corrected chi connectivity index (χ0v) is 10.6. The molecule has 2 rings (SSSR count). The molecule has 20 heavy (non-hydrogen) atoms. The van der Waals surface area contributed by atoms with Crippen LogP contribution < -0.4 is 0 Å². The number of rotatable bonds is 2. The van der Waals surface area contributed by atoms with Gasteiger partial charge in [-0.3, -0.25) is 0 Å². The van der Waals surface area contributed by atoms with Crippen LogP contribution in [-0.2, 0) is 14.3 Å². The lowest BCUT2D eigenvalue weighted by Crippen LogP contribution is -2.09. The lowest BCUT2D eigenvalue weighted by Gasteiger charge is -2.02. The van der Waals surface area contributed by atoms with Crippen LogP contribution in [0, 0.1) is 0 Å². The number of ether oxygens (including phenoxy) is 1. The van der Waals surface area contributed by atoms with Gasteiger partial charge in [0.1, 0.15) is 0 Å². The normalized spacial score (nSPS) is 9.45. The summed E-state index contributed by atoms with van der Waals surface area (Å²) in [6, 6.07) is 7.45. The van der Waals surface area contributed by atoms with Gasteiger partial charge in [-0.25, -0.2) is 14.4 Å². The van der Waals surface area contributed by atoms with E-state index in [4.69, 9.17) is 24.5 Å². The molecule has 0 aliphatic carbocycles. The maximum atomic E-state index is 11.4. The van der Waals surface area contributed by atoms with Gasteiger partial charge in [0.25, 0.3) is 0 Å². The summed E-state index contributed by atoms with van der Waals surface area (Å²) < 4.78 is 6.85. The molecule has 0 aliphatic rings. The van der Waals surface area contributed by atoms with E-state index < -0.39 is 11.9 Å². The number of pyridine rings is 1. The molecule has 0 amide bonds. The number of carbonyl (C=O) groups is 3. The highest BCUT2D eigenvalue weighted by atomic mass is 16.5. The van der Waals surface area contributed by atoms with Crippen LogP contribution in [0.25, 0.3) is 5.52 Å². The largest absolute Gasteiger partial charge is 0.473 e. The fourth-order valence-corrected chi connectivity index (χ4v) is 1.37. The Balaban J connectivity index is 0.000000286. The van der Waals surface area contributed by atoms with Gasteiger partial charge in [0, 0.05) is 17.9 Å². The molecule has 0 spiro atoms. The Labute approximate surface area is 114 Å². The summed E-state index contributed by atoms with van der Waals surface area (Å²) in [5.41, 5.74) is 1.59. The number of carboxylic acid groups (broad SMARTS) is 2. The first-order chi connectivity index (χ1) is 9.45. The Morgan fingerprint density at radius 2 is 1.80 bits per heavy atom. The van der Waals surface area contributed by atoms with E-state index in [2.05, 4.69) is 0 Å². The maximum Gasteiger partial charge on any atom is 0.414 e. The van der Waals surface area contributed by atoms with Gasteiger partial charge in [0.15, 0.2) is 0 Å². The average Bonchev–Trinajstić information content (AvgIpc) is 2.86. The summed E-state index contributed by atoms with van der Waals surface area (Å²) in [5.74, 6) is -3.92. The van der Waals surface area contributed by atoms with Crippen LogP contribution in [0.2, 0.25) is 0 Å². The number of esters is 1. The minimum atomic E-state index is -1.82. The van der Waals surface area contributed by atoms with Gasteiger partial charge in [-0.05, 0) is 31.2 Å². The zero-order chi connectivity index (χ0) is 15.1. The number of hydrogen-bond acceptors (Lipinski definition) is 4. The quantitative estimate of drug-likeness (QED) is 0.633.